The van der Waals surface area contributed by atoms with Crippen molar-refractivity contribution in [3.8, 4) is 0 Å². The molecule has 1 saturated carbocycles. The number of carbonyl (C=O) groups excluding carboxylic acids is 2. The second-order valence-corrected chi connectivity index (χ2v) is 8.83. The number of amides is 2. The lowest BCUT2D eigenvalue weighted by atomic mass is 10.1. The van der Waals surface area contributed by atoms with Gasteiger partial charge in [-0.3, -0.25) is 14.5 Å². The molecule has 2 amide bonds. The van der Waals surface area contributed by atoms with Gasteiger partial charge >= 0.3 is 0 Å². The third-order valence-corrected chi connectivity index (χ3v) is 6.62. The zero-order chi connectivity index (χ0) is 20.9. The van der Waals surface area contributed by atoms with E-state index in [2.05, 4.69) is 5.32 Å². The topological polar surface area (TPSA) is 49.4 Å². The summed E-state index contributed by atoms with van der Waals surface area (Å²) >= 11 is 1.31. The highest BCUT2D eigenvalue weighted by Gasteiger charge is 2.31. The number of halogens is 1. The van der Waals surface area contributed by atoms with Crippen molar-refractivity contribution in [3.63, 3.8) is 0 Å². The Morgan fingerprint density at radius 1 is 1.07 bits per heavy atom. The molecule has 1 fully saturated rings. The standard InChI is InChI=1S/C24H25FN2O2S/c25-19-12-6-5-9-17(19)15-22-24(29)27(20-13-7-8-14-21(20)30-22)16-23(28)26-18-10-3-1-2-4-11-18/h5-9,12-15,18H,1-4,10-11,16H2,(H,26,28). The number of hydrogen-bond acceptors (Lipinski definition) is 3. The van der Waals surface area contributed by atoms with E-state index in [1.54, 1.807) is 24.3 Å². The van der Waals surface area contributed by atoms with Crippen molar-refractivity contribution in [1.29, 1.82) is 0 Å². The van der Waals surface area contributed by atoms with Crippen LogP contribution in [-0.4, -0.2) is 24.4 Å². The number of fused-ring (bicyclic) bond motifs is 1. The maximum absolute atomic E-state index is 14.1. The second kappa shape index (κ2) is 9.47. The Hall–Kier alpha value is -2.60. The molecule has 0 unspecified atom stereocenters. The normalized spacial score (nSPS) is 18.8. The highest BCUT2D eigenvalue weighted by Crippen LogP contribution is 2.42. The van der Waals surface area contributed by atoms with Crippen LogP contribution in [0.5, 0.6) is 0 Å². The molecule has 1 heterocycles. The maximum atomic E-state index is 14.1. The zero-order valence-electron chi connectivity index (χ0n) is 16.8. The fourth-order valence-corrected chi connectivity index (χ4v) is 5.04. The maximum Gasteiger partial charge on any atom is 0.265 e. The van der Waals surface area contributed by atoms with E-state index in [4.69, 9.17) is 0 Å². The number of carbonyl (C=O) groups is 2. The Labute approximate surface area is 180 Å². The van der Waals surface area contributed by atoms with E-state index >= 15 is 0 Å². The van der Waals surface area contributed by atoms with Crippen molar-refractivity contribution >= 4 is 35.3 Å². The summed E-state index contributed by atoms with van der Waals surface area (Å²) in [6, 6.07) is 14.1. The molecule has 0 aromatic heterocycles. The van der Waals surface area contributed by atoms with E-state index in [0.717, 1.165) is 30.6 Å². The van der Waals surface area contributed by atoms with E-state index in [-0.39, 0.29) is 30.2 Å². The van der Waals surface area contributed by atoms with Crippen molar-refractivity contribution < 1.29 is 14.0 Å². The van der Waals surface area contributed by atoms with Gasteiger partial charge in [0.15, 0.2) is 0 Å². The first-order valence-electron chi connectivity index (χ1n) is 10.5. The number of nitrogens with one attached hydrogen (secondary N) is 1. The molecule has 2 aromatic carbocycles. The predicted molar refractivity (Wildman–Crippen MR) is 119 cm³/mol. The van der Waals surface area contributed by atoms with Crippen molar-refractivity contribution in [2.45, 2.75) is 49.5 Å². The van der Waals surface area contributed by atoms with Gasteiger partial charge in [-0.2, -0.15) is 0 Å². The minimum atomic E-state index is -0.380. The van der Waals surface area contributed by atoms with E-state index in [1.807, 2.05) is 24.3 Å². The number of anilines is 1. The molecule has 0 atom stereocenters. The van der Waals surface area contributed by atoms with E-state index in [1.165, 1.54) is 35.6 Å². The van der Waals surface area contributed by atoms with E-state index < -0.39 is 0 Å². The summed E-state index contributed by atoms with van der Waals surface area (Å²) in [5, 5.41) is 3.11. The van der Waals surface area contributed by atoms with Gasteiger partial charge in [0.25, 0.3) is 5.91 Å². The fourth-order valence-electron chi connectivity index (χ4n) is 3.99. The molecule has 2 aliphatic rings. The number of hydrogen-bond donors (Lipinski definition) is 1. The third kappa shape index (κ3) is 4.75. The molecule has 1 aliphatic carbocycles. The quantitative estimate of drug-likeness (QED) is 0.546. The minimum absolute atomic E-state index is 0.0402. The van der Waals surface area contributed by atoms with Gasteiger partial charge in [-0.25, -0.2) is 4.39 Å². The van der Waals surface area contributed by atoms with Crippen molar-refractivity contribution in [3.05, 3.63) is 64.8 Å². The molecule has 0 saturated heterocycles. The van der Waals surface area contributed by atoms with Crippen LogP contribution >= 0.6 is 11.8 Å². The zero-order valence-corrected chi connectivity index (χ0v) is 17.6. The predicted octanol–water partition coefficient (Wildman–Crippen LogP) is 5.14. The summed E-state index contributed by atoms with van der Waals surface area (Å²) in [6.45, 7) is -0.0402. The Morgan fingerprint density at radius 2 is 1.77 bits per heavy atom. The lowest BCUT2D eigenvalue weighted by Crippen LogP contribution is -2.45. The molecular weight excluding hydrogens is 399 g/mol. The number of thioether (sulfide) groups is 1. The molecule has 6 heteroatoms. The Morgan fingerprint density at radius 3 is 2.53 bits per heavy atom. The molecule has 0 radical (unpaired) electrons. The molecule has 2 aromatic rings. The van der Waals surface area contributed by atoms with Crippen molar-refractivity contribution in [1.82, 2.24) is 5.32 Å². The number of para-hydroxylation sites is 1. The smallest absolute Gasteiger partial charge is 0.265 e. The molecule has 4 nitrogen and oxygen atoms in total. The van der Waals surface area contributed by atoms with E-state index in [9.17, 15) is 14.0 Å². The molecule has 1 N–H and O–H groups in total. The fraction of sp³-hybridized carbons (Fsp3) is 0.333. The van der Waals surface area contributed by atoms with Gasteiger partial charge in [0, 0.05) is 16.5 Å². The summed E-state index contributed by atoms with van der Waals surface area (Å²) < 4.78 is 14.1. The van der Waals surface area contributed by atoms with Crippen LogP contribution in [0.3, 0.4) is 0 Å². The van der Waals surface area contributed by atoms with Gasteiger partial charge in [0.1, 0.15) is 12.4 Å². The van der Waals surface area contributed by atoms with Crippen LogP contribution < -0.4 is 10.2 Å². The number of benzene rings is 2. The molecule has 0 spiro atoms. The summed E-state index contributed by atoms with van der Waals surface area (Å²) in [7, 11) is 0. The lowest BCUT2D eigenvalue weighted by Gasteiger charge is -2.30. The highest BCUT2D eigenvalue weighted by molar-refractivity contribution is 8.04. The van der Waals surface area contributed by atoms with Gasteiger partial charge in [-0.15, -0.1) is 0 Å². The number of rotatable bonds is 4. The summed E-state index contributed by atoms with van der Waals surface area (Å²) in [6.07, 6.45) is 8.23. The molecule has 0 bridgehead atoms. The van der Waals surface area contributed by atoms with Crippen LogP contribution in [0.2, 0.25) is 0 Å². The average Bonchev–Trinajstić information content (AvgIpc) is 3.01. The van der Waals surface area contributed by atoms with Gasteiger partial charge in [-0.05, 0) is 37.1 Å². The first-order valence-corrected chi connectivity index (χ1v) is 11.3. The number of nitrogens with zero attached hydrogens (tertiary/aromatic N) is 1. The van der Waals surface area contributed by atoms with Crippen LogP contribution in [0.15, 0.2) is 58.3 Å². The average molecular weight is 425 g/mol. The SMILES string of the molecule is O=C(CN1C(=O)C(=Cc2ccccc2F)Sc2ccccc21)NC1CCCCCC1. The highest BCUT2D eigenvalue weighted by atomic mass is 32.2. The van der Waals surface area contributed by atoms with Crippen molar-refractivity contribution in [2.75, 3.05) is 11.4 Å². The first-order chi connectivity index (χ1) is 14.6. The van der Waals surface area contributed by atoms with Crippen LogP contribution in [0, 0.1) is 5.82 Å². The monoisotopic (exact) mass is 424 g/mol. The van der Waals surface area contributed by atoms with Gasteiger partial charge in [0.05, 0.1) is 10.6 Å². The minimum Gasteiger partial charge on any atom is -0.352 e. The Bertz CT molecular complexity index is 967. The van der Waals surface area contributed by atoms with Crippen LogP contribution in [-0.2, 0) is 9.59 Å². The molecule has 156 valence electrons. The van der Waals surface area contributed by atoms with Gasteiger partial charge < -0.3 is 5.32 Å². The molecule has 4 rings (SSSR count). The summed E-state index contributed by atoms with van der Waals surface area (Å²) in [5.41, 5.74) is 1.07. The van der Waals surface area contributed by atoms with Crippen LogP contribution in [0.25, 0.3) is 6.08 Å². The summed E-state index contributed by atoms with van der Waals surface area (Å²) in [5.74, 6) is -0.810. The molecule has 30 heavy (non-hydrogen) atoms. The Kier molecular flexibility index (Phi) is 6.53. The largest absolute Gasteiger partial charge is 0.352 e. The molecular formula is C24H25FN2O2S. The van der Waals surface area contributed by atoms with Crippen LogP contribution in [0.4, 0.5) is 10.1 Å². The summed E-state index contributed by atoms with van der Waals surface area (Å²) in [4.78, 5) is 28.8. The Balaban J connectivity index is 1.57. The second-order valence-electron chi connectivity index (χ2n) is 7.75. The molecule has 1 aliphatic heterocycles. The van der Waals surface area contributed by atoms with Gasteiger partial charge in [-0.1, -0.05) is 67.8 Å². The van der Waals surface area contributed by atoms with Crippen LogP contribution in [0.1, 0.15) is 44.1 Å². The van der Waals surface area contributed by atoms with Gasteiger partial charge in [0.2, 0.25) is 5.91 Å². The van der Waals surface area contributed by atoms with E-state index in [0.29, 0.717) is 16.2 Å². The third-order valence-electron chi connectivity index (χ3n) is 5.55. The first kappa shape index (κ1) is 20.7. The van der Waals surface area contributed by atoms with Crippen molar-refractivity contribution in [2.24, 2.45) is 0 Å². The lowest BCUT2D eigenvalue weighted by molar-refractivity contribution is -0.123.